The maximum absolute atomic E-state index is 13.6. The molecule has 150 valence electrons. The Bertz CT molecular complexity index is 920. The fourth-order valence-electron chi connectivity index (χ4n) is 5.16. The third-order valence-corrected chi connectivity index (χ3v) is 6.54. The molecule has 28 heavy (non-hydrogen) atoms. The van der Waals surface area contributed by atoms with Crippen LogP contribution in [0, 0.1) is 24.7 Å². The number of nitrogens with zero attached hydrogens (tertiary/aromatic N) is 1. The summed E-state index contributed by atoms with van der Waals surface area (Å²) in [6.45, 7) is 11.4. The standard InChI is InChI=1S/C21H26ClN3O3/c1-9(2)15-13-14(18(27)25(17(13)26)20(4,5)6)21(24-15)11-7-10(3)8-12(22)16(11)23-19(21)28/h7-9,13-15,24H,1-6H3,(H,23,28). The number of halogens is 1. The van der Waals surface area contributed by atoms with E-state index in [0.717, 1.165) is 5.56 Å². The van der Waals surface area contributed by atoms with Gasteiger partial charge in [0.1, 0.15) is 5.54 Å². The van der Waals surface area contributed by atoms with Gasteiger partial charge >= 0.3 is 0 Å². The highest BCUT2D eigenvalue weighted by molar-refractivity contribution is 6.35. The summed E-state index contributed by atoms with van der Waals surface area (Å²) in [5.74, 6) is -2.11. The van der Waals surface area contributed by atoms with Crippen molar-refractivity contribution in [3.63, 3.8) is 0 Å². The molecule has 2 N–H and O–H groups in total. The lowest BCUT2D eigenvalue weighted by Gasteiger charge is -2.35. The Morgan fingerprint density at radius 1 is 1.14 bits per heavy atom. The zero-order valence-electron chi connectivity index (χ0n) is 17.0. The second-order valence-corrected chi connectivity index (χ2v) is 9.94. The highest BCUT2D eigenvalue weighted by Crippen LogP contribution is 2.56. The number of fused-ring (bicyclic) bond motifs is 4. The fraction of sp³-hybridized carbons (Fsp3) is 0.571. The number of benzene rings is 1. The number of carbonyl (C=O) groups excluding carboxylic acids is 3. The first kappa shape index (κ1) is 19.4. The molecule has 3 heterocycles. The molecule has 3 amide bonds. The molecule has 1 aromatic rings. The van der Waals surface area contributed by atoms with Crippen LogP contribution in [0.25, 0.3) is 0 Å². The van der Waals surface area contributed by atoms with Gasteiger partial charge in [0.05, 0.1) is 22.5 Å². The van der Waals surface area contributed by atoms with Crippen molar-refractivity contribution < 1.29 is 14.4 Å². The molecule has 7 heteroatoms. The molecule has 0 radical (unpaired) electrons. The Kier molecular flexibility index (Phi) is 4.02. The van der Waals surface area contributed by atoms with E-state index < -0.39 is 22.9 Å². The van der Waals surface area contributed by atoms with Crippen molar-refractivity contribution in [2.24, 2.45) is 17.8 Å². The van der Waals surface area contributed by atoms with Crippen molar-refractivity contribution in [3.05, 3.63) is 28.3 Å². The zero-order chi connectivity index (χ0) is 20.8. The first-order valence-corrected chi connectivity index (χ1v) is 10.1. The summed E-state index contributed by atoms with van der Waals surface area (Å²) in [5, 5.41) is 6.73. The van der Waals surface area contributed by atoms with Crippen LogP contribution in [0.4, 0.5) is 5.69 Å². The van der Waals surface area contributed by atoms with Crippen LogP contribution < -0.4 is 10.6 Å². The van der Waals surface area contributed by atoms with E-state index in [1.165, 1.54) is 4.90 Å². The van der Waals surface area contributed by atoms with E-state index in [-0.39, 0.29) is 29.7 Å². The lowest BCUT2D eigenvalue weighted by Crippen LogP contribution is -2.56. The van der Waals surface area contributed by atoms with Gasteiger partial charge in [-0.25, -0.2) is 0 Å². The number of imide groups is 1. The quantitative estimate of drug-likeness (QED) is 0.707. The zero-order valence-corrected chi connectivity index (χ0v) is 17.8. The highest BCUT2D eigenvalue weighted by Gasteiger charge is 2.71. The largest absolute Gasteiger partial charge is 0.323 e. The maximum atomic E-state index is 13.6. The summed E-state index contributed by atoms with van der Waals surface area (Å²) in [7, 11) is 0. The normalized spacial score (nSPS) is 31.8. The van der Waals surface area contributed by atoms with Gasteiger partial charge in [-0.15, -0.1) is 0 Å². The first-order chi connectivity index (χ1) is 12.9. The van der Waals surface area contributed by atoms with E-state index in [4.69, 9.17) is 11.6 Å². The molecule has 0 bridgehead atoms. The summed E-state index contributed by atoms with van der Waals surface area (Å²) in [6.07, 6.45) is 0. The number of hydrogen-bond acceptors (Lipinski definition) is 4. The van der Waals surface area contributed by atoms with Gasteiger partial charge in [-0.2, -0.15) is 0 Å². The van der Waals surface area contributed by atoms with Gasteiger partial charge in [0, 0.05) is 17.1 Å². The van der Waals surface area contributed by atoms with Crippen molar-refractivity contribution in [2.75, 3.05) is 5.32 Å². The number of aryl methyl sites for hydroxylation is 1. The second-order valence-electron chi connectivity index (χ2n) is 9.53. The lowest BCUT2D eigenvalue weighted by atomic mass is 9.75. The number of likely N-dealkylation sites (tertiary alicyclic amines) is 1. The number of carbonyl (C=O) groups is 3. The maximum Gasteiger partial charge on any atom is 0.250 e. The van der Waals surface area contributed by atoms with Crippen molar-refractivity contribution in [2.45, 2.75) is 58.7 Å². The SMILES string of the molecule is Cc1cc(Cl)c2c(c1)C1(NC(C(C)C)C3C(=O)N(C(C)(C)C)C(=O)C31)C(=O)N2. The molecule has 2 fully saturated rings. The number of hydrogen-bond donors (Lipinski definition) is 2. The van der Waals surface area contributed by atoms with Crippen molar-refractivity contribution >= 4 is 35.0 Å². The van der Waals surface area contributed by atoms with Gasteiger partial charge < -0.3 is 5.32 Å². The summed E-state index contributed by atoms with van der Waals surface area (Å²) in [6, 6.07) is 3.39. The van der Waals surface area contributed by atoms with Crippen molar-refractivity contribution in [1.82, 2.24) is 10.2 Å². The van der Waals surface area contributed by atoms with E-state index in [0.29, 0.717) is 16.3 Å². The van der Waals surface area contributed by atoms with Gasteiger partial charge in [-0.05, 0) is 45.2 Å². The smallest absolute Gasteiger partial charge is 0.250 e. The minimum absolute atomic E-state index is 0.0701. The predicted octanol–water partition coefficient (Wildman–Crippen LogP) is 2.82. The van der Waals surface area contributed by atoms with Gasteiger partial charge in [-0.3, -0.25) is 24.6 Å². The molecule has 3 aliphatic rings. The highest BCUT2D eigenvalue weighted by atomic mass is 35.5. The third-order valence-electron chi connectivity index (χ3n) is 6.24. The average molecular weight is 404 g/mol. The fourth-order valence-corrected chi connectivity index (χ4v) is 5.48. The summed E-state index contributed by atoms with van der Waals surface area (Å²) in [5.41, 5.74) is 0.163. The Morgan fingerprint density at radius 3 is 2.36 bits per heavy atom. The Labute approximate surface area is 170 Å². The van der Waals surface area contributed by atoms with E-state index in [1.807, 2.05) is 47.6 Å². The molecule has 4 rings (SSSR count). The van der Waals surface area contributed by atoms with Crippen molar-refractivity contribution in [3.8, 4) is 0 Å². The van der Waals surface area contributed by atoms with Gasteiger partial charge in [0.2, 0.25) is 17.7 Å². The van der Waals surface area contributed by atoms with Crippen LogP contribution in [0.1, 0.15) is 45.7 Å². The van der Waals surface area contributed by atoms with Crippen LogP contribution in [0.3, 0.4) is 0 Å². The molecule has 0 saturated carbocycles. The Balaban J connectivity index is 1.97. The van der Waals surface area contributed by atoms with Gasteiger partial charge in [0.25, 0.3) is 0 Å². The number of anilines is 1. The van der Waals surface area contributed by atoms with Crippen LogP contribution in [0.5, 0.6) is 0 Å². The topological polar surface area (TPSA) is 78.5 Å². The number of nitrogens with one attached hydrogen (secondary N) is 2. The summed E-state index contributed by atoms with van der Waals surface area (Å²) >= 11 is 6.41. The molecule has 1 spiro atoms. The van der Waals surface area contributed by atoms with E-state index in [9.17, 15) is 14.4 Å². The van der Waals surface area contributed by atoms with E-state index in [2.05, 4.69) is 10.6 Å². The van der Waals surface area contributed by atoms with E-state index in [1.54, 1.807) is 6.07 Å². The molecule has 4 unspecified atom stereocenters. The summed E-state index contributed by atoms with van der Waals surface area (Å²) < 4.78 is 0. The van der Waals surface area contributed by atoms with Crippen molar-refractivity contribution in [1.29, 1.82) is 0 Å². The predicted molar refractivity (Wildman–Crippen MR) is 107 cm³/mol. The molecular formula is C21H26ClN3O3. The van der Waals surface area contributed by atoms with Crippen LogP contribution in [0.2, 0.25) is 5.02 Å². The molecular weight excluding hydrogens is 378 g/mol. The molecule has 0 aliphatic carbocycles. The van der Waals surface area contributed by atoms with Crippen LogP contribution in [0.15, 0.2) is 12.1 Å². The van der Waals surface area contributed by atoms with Gasteiger partial charge in [0.15, 0.2) is 0 Å². The molecule has 4 atom stereocenters. The monoisotopic (exact) mass is 403 g/mol. The molecule has 2 saturated heterocycles. The Hall–Kier alpha value is -1.92. The third kappa shape index (κ3) is 2.28. The van der Waals surface area contributed by atoms with E-state index >= 15 is 0 Å². The molecule has 1 aromatic carbocycles. The Morgan fingerprint density at radius 2 is 1.79 bits per heavy atom. The minimum Gasteiger partial charge on any atom is -0.323 e. The van der Waals surface area contributed by atoms with Crippen LogP contribution in [-0.2, 0) is 19.9 Å². The average Bonchev–Trinajstić information content (AvgIpc) is 3.13. The second kappa shape index (κ2) is 5.80. The van der Waals surface area contributed by atoms with Crippen LogP contribution in [-0.4, -0.2) is 34.2 Å². The summed E-state index contributed by atoms with van der Waals surface area (Å²) in [4.78, 5) is 41.6. The number of amides is 3. The first-order valence-electron chi connectivity index (χ1n) is 9.69. The lowest BCUT2D eigenvalue weighted by molar-refractivity contribution is -0.148. The molecule has 6 nitrogen and oxygen atoms in total. The van der Waals surface area contributed by atoms with Gasteiger partial charge in [-0.1, -0.05) is 31.5 Å². The molecule has 3 aliphatic heterocycles. The molecule has 0 aromatic heterocycles. The minimum atomic E-state index is -1.28. The number of rotatable bonds is 1. The van der Waals surface area contributed by atoms with Crippen LogP contribution >= 0.6 is 11.6 Å².